The van der Waals surface area contributed by atoms with Crippen molar-refractivity contribution < 1.29 is 24.4 Å². The van der Waals surface area contributed by atoms with Gasteiger partial charge in [-0.2, -0.15) is 0 Å². The topological polar surface area (TPSA) is 110 Å². The summed E-state index contributed by atoms with van der Waals surface area (Å²) in [6.07, 6.45) is 0.0138. The quantitative estimate of drug-likeness (QED) is 0.623. The van der Waals surface area contributed by atoms with Gasteiger partial charge in [-0.3, -0.25) is 19.7 Å². The summed E-state index contributed by atoms with van der Waals surface area (Å²) >= 11 is 0. The number of aryl methyl sites for hydroxylation is 1. The third-order valence-electron chi connectivity index (χ3n) is 3.64. The van der Waals surface area contributed by atoms with Crippen LogP contribution in [0, 0.1) is 10.1 Å². The number of rotatable bonds is 6. The second-order valence-corrected chi connectivity index (χ2v) is 5.36. The molecule has 23 heavy (non-hydrogen) atoms. The van der Waals surface area contributed by atoms with Gasteiger partial charge in [0.05, 0.1) is 24.1 Å². The molecular formula is C15H18N2O6. The van der Waals surface area contributed by atoms with Crippen molar-refractivity contribution >= 4 is 17.6 Å². The molecule has 1 amide bonds. The Morgan fingerprint density at radius 3 is 2.91 bits per heavy atom. The van der Waals surface area contributed by atoms with Crippen LogP contribution in [0.3, 0.4) is 0 Å². The number of nitro groups is 1. The van der Waals surface area contributed by atoms with Crippen LogP contribution in [0.5, 0.6) is 0 Å². The molecule has 0 bridgehead atoms. The van der Waals surface area contributed by atoms with Gasteiger partial charge in [0.25, 0.3) is 5.69 Å². The van der Waals surface area contributed by atoms with E-state index in [1.165, 1.54) is 12.1 Å². The standard InChI is InChI=1S/C15H18N2O6/c18-14(16-6-7-23-13(10-16)9-15(19)20)5-4-11-2-1-3-12(8-11)17(21)22/h1-3,8,13H,4-7,9-10H2,(H,19,20). The molecule has 8 nitrogen and oxygen atoms in total. The first-order valence-electron chi connectivity index (χ1n) is 7.30. The highest BCUT2D eigenvalue weighted by atomic mass is 16.6. The summed E-state index contributed by atoms with van der Waals surface area (Å²) < 4.78 is 5.32. The number of benzene rings is 1. The minimum absolute atomic E-state index is 0.00263. The molecule has 1 fully saturated rings. The summed E-state index contributed by atoms with van der Waals surface area (Å²) in [4.78, 5) is 34.8. The van der Waals surface area contributed by atoms with Crippen molar-refractivity contribution in [3.63, 3.8) is 0 Å². The van der Waals surface area contributed by atoms with Gasteiger partial charge < -0.3 is 14.7 Å². The maximum Gasteiger partial charge on any atom is 0.306 e. The van der Waals surface area contributed by atoms with E-state index in [9.17, 15) is 19.7 Å². The number of carbonyl (C=O) groups is 2. The second-order valence-electron chi connectivity index (χ2n) is 5.36. The molecule has 0 aromatic heterocycles. The molecule has 8 heteroatoms. The van der Waals surface area contributed by atoms with Gasteiger partial charge in [-0.1, -0.05) is 12.1 Å². The normalized spacial score (nSPS) is 17.7. The Kier molecular flexibility index (Phi) is 5.64. The van der Waals surface area contributed by atoms with E-state index in [2.05, 4.69) is 0 Å². The summed E-state index contributed by atoms with van der Waals surface area (Å²) in [7, 11) is 0. The molecule has 0 radical (unpaired) electrons. The van der Waals surface area contributed by atoms with Crippen LogP contribution in [0.15, 0.2) is 24.3 Å². The van der Waals surface area contributed by atoms with Crippen LogP contribution in [0.1, 0.15) is 18.4 Å². The smallest absolute Gasteiger partial charge is 0.306 e. The molecule has 1 saturated heterocycles. The second kappa shape index (κ2) is 7.68. The SMILES string of the molecule is O=C(O)CC1CN(C(=O)CCc2cccc([N+](=O)[O-])c2)CCO1. The van der Waals surface area contributed by atoms with Gasteiger partial charge in [0, 0.05) is 31.6 Å². The van der Waals surface area contributed by atoms with E-state index >= 15 is 0 Å². The fraction of sp³-hybridized carbons (Fsp3) is 0.467. The lowest BCUT2D eigenvalue weighted by Crippen LogP contribution is -2.46. The van der Waals surface area contributed by atoms with E-state index in [0.29, 0.717) is 19.6 Å². The lowest BCUT2D eigenvalue weighted by molar-refractivity contribution is -0.384. The van der Waals surface area contributed by atoms with E-state index in [0.717, 1.165) is 5.56 Å². The Morgan fingerprint density at radius 2 is 2.22 bits per heavy atom. The van der Waals surface area contributed by atoms with Crippen LogP contribution in [0.2, 0.25) is 0 Å². The van der Waals surface area contributed by atoms with Gasteiger partial charge in [0.15, 0.2) is 0 Å². The van der Waals surface area contributed by atoms with Crippen LogP contribution >= 0.6 is 0 Å². The highest BCUT2D eigenvalue weighted by molar-refractivity contribution is 5.76. The number of hydrogen-bond donors (Lipinski definition) is 1. The Bertz CT molecular complexity index is 603. The summed E-state index contributed by atoms with van der Waals surface area (Å²) in [5.41, 5.74) is 0.728. The zero-order chi connectivity index (χ0) is 16.8. The van der Waals surface area contributed by atoms with Gasteiger partial charge in [-0.25, -0.2) is 0 Å². The van der Waals surface area contributed by atoms with Crippen molar-refractivity contribution in [3.05, 3.63) is 39.9 Å². The fourth-order valence-corrected chi connectivity index (χ4v) is 2.50. The molecule has 1 atom stereocenters. The van der Waals surface area contributed by atoms with Crippen molar-refractivity contribution in [2.24, 2.45) is 0 Å². The number of nitrogens with zero attached hydrogens (tertiary/aromatic N) is 2. The first kappa shape index (κ1) is 16.9. The molecule has 0 aliphatic carbocycles. The van der Waals surface area contributed by atoms with Crippen molar-refractivity contribution in [3.8, 4) is 0 Å². The lowest BCUT2D eigenvalue weighted by atomic mass is 10.1. The molecule has 1 N–H and O–H groups in total. The number of aliphatic carboxylic acids is 1. The third kappa shape index (κ3) is 5.03. The number of nitro benzene ring substituents is 1. The largest absolute Gasteiger partial charge is 0.481 e. The number of morpholine rings is 1. The molecule has 1 unspecified atom stereocenters. The summed E-state index contributed by atoms with van der Waals surface area (Å²) in [6.45, 7) is 1.02. The minimum atomic E-state index is -0.958. The number of carbonyl (C=O) groups excluding carboxylic acids is 1. The Morgan fingerprint density at radius 1 is 1.43 bits per heavy atom. The van der Waals surface area contributed by atoms with E-state index < -0.39 is 17.0 Å². The fourth-order valence-electron chi connectivity index (χ4n) is 2.50. The van der Waals surface area contributed by atoms with E-state index in [1.54, 1.807) is 17.0 Å². The molecule has 2 rings (SSSR count). The molecule has 0 saturated carbocycles. The average molecular weight is 322 g/mol. The van der Waals surface area contributed by atoms with Crippen molar-refractivity contribution in [1.82, 2.24) is 4.90 Å². The number of carboxylic acid groups (broad SMARTS) is 1. The van der Waals surface area contributed by atoms with Gasteiger partial charge >= 0.3 is 5.97 Å². The lowest BCUT2D eigenvalue weighted by Gasteiger charge is -2.32. The number of hydrogen-bond acceptors (Lipinski definition) is 5. The Balaban J connectivity index is 1.88. The highest BCUT2D eigenvalue weighted by Crippen LogP contribution is 2.16. The Hall–Kier alpha value is -2.48. The van der Waals surface area contributed by atoms with Crippen molar-refractivity contribution in [2.75, 3.05) is 19.7 Å². The first-order valence-corrected chi connectivity index (χ1v) is 7.30. The summed E-state index contributed by atoms with van der Waals surface area (Å²) in [5.74, 6) is -1.06. The van der Waals surface area contributed by atoms with E-state index in [4.69, 9.17) is 9.84 Å². The summed E-state index contributed by atoms with van der Waals surface area (Å²) in [6, 6.07) is 6.20. The first-order chi connectivity index (χ1) is 11.0. The van der Waals surface area contributed by atoms with E-state index in [1.807, 2.05) is 0 Å². The van der Waals surface area contributed by atoms with Gasteiger partial charge in [0.2, 0.25) is 5.91 Å². The molecule has 1 aromatic rings. The highest BCUT2D eigenvalue weighted by Gasteiger charge is 2.25. The zero-order valence-corrected chi connectivity index (χ0v) is 12.5. The molecule has 1 aliphatic heterocycles. The van der Waals surface area contributed by atoms with Crippen LogP contribution in [-0.2, 0) is 20.7 Å². The van der Waals surface area contributed by atoms with Crippen LogP contribution in [0.4, 0.5) is 5.69 Å². The van der Waals surface area contributed by atoms with Gasteiger partial charge in [0.1, 0.15) is 0 Å². The van der Waals surface area contributed by atoms with Crippen molar-refractivity contribution in [2.45, 2.75) is 25.4 Å². The predicted octanol–water partition coefficient (Wildman–Crippen LogP) is 1.23. The van der Waals surface area contributed by atoms with Crippen LogP contribution in [0.25, 0.3) is 0 Å². The molecule has 0 spiro atoms. The summed E-state index contributed by atoms with van der Waals surface area (Å²) in [5, 5.41) is 19.5. The third-order valence-corrected chi connectivity index (χ3v) is 3.64. The van der Waals surface area contributed by atoms with Gasteiger partial charge in [-0.15, -0.1) is 0 Å². The van der Waals surface area contributed by atoms with Gasteiger partial charge in [-0.05, 0) is 12.0 Å². The monoisotopic (exact) mass is 322 g/mol. The molecule has 1 heterocycles. The Labute approximate surface area is 132 Å². The predicted molar refractivity (Wildman–Crippen MR) is 80.0 cm³/mol. The number of non-ortho nitro benzene ring substituents is 1. The number of ether oxygens (including phenoxy) is 1. The maximum atomic E-state index is 12.2. The minimum Gasteiger partial charge on any atom is -0.481 e. The average Bonchev–Trinajstić information content (AvgIpc) is 2.52. The maximum absolute atomic E-state index is 12.2. The molecule has 1 aliphatic rings. The number of amides is 1. The zero-order valence-electron chi connectivity index (χ0n) is 12.5. The molecular weight excluding hydrogens is 304 g/mol. The molecule has 1 aromatic carbocycles. The van der Waals surface area contributed by atoms with Crippen molar-refractivity contribution in [1.29, 1.82) is 0 Å². The van der Waals surface area contributed by atoms with Crippen LogP contribution in [-0.4, -0.2) is 52.6 Å². The van der Waals surface area contributed by atoms with Crippen LogP contribution < -0.4 is 0 Å². The van der Waals surface area contributed by atoms with E-state index in [-0.39, 0.29) is 31.0 Å². The number of carboxylic acids is 1. The molecule has 124 valence electrons.